The van der Waals surface area contributed by atoms with Crippen molar-refractivity contribution >= 4 is 0 Å². The summed E-state index contributed by atoms with van der Waals surface area (Å²) >= 11 is 0. The van der Waals surface area contributed by atoms with Crippen molar-refractivity contribution < 1.29 is 0 Å². The fraction of sp³-hybridized carbons (Fsp3) is 0.833. The number of hydrogen-bond donors (Lipinski definition) is 1. The predicted molar refractivity (Wildman–Crippen MR) is 89.6 cm³/mol. The van der Waals surface area contributed by atoms with Crippen LogP contribution in [0.2, 0.25) is 0 Å². The Morgan fingerprint density at radius 2 is 1.95 bits per heavy atom. The molecule has 1 aromatic rings. The number of nitrogens with zero attached hydrogens (tertiary/aromatic N) is 2. The van der Waals surface area contributed by atoms with Gasteiger partial charge in [0.1, 0.15) is 0 Å². The lowest BCUT2D eigenvalue weighted by molar-refractivity contribution is 0.243. The molecule has 120 valence electrons. The summed E-state index contributed by atoms with van der Waals surface area (Å²) in [4.78, 5) is 0. The minimum Gasteiger partial charge on any atom is -0.313 e. The summed E-state index contributed by atoms with van der Waals surface area (Å²) in [6, 6.07) is 0.638. The summed E-state index contributed by atoms with van der Waals surface area (Å²) in [6.07, 6.45) is 8.90. The molecule has 0 aromatic carbocycles. The molecule has 1 fully saturated rings. The van der Waals surface area contributed by atoms with E-state index in [0.717, 1.165) is 31.8 Å². The molecule has 1 N–H and O–H groups in total. The molecule has 1 aromatic heterocycles. The molecule has 2 unspecified atom stereocenters. The smallest absolute Gasteiger partial charge is 0.0669 e. The van der Waals surface area contributed by atoms with E-state index in [1.165, 1.54) is 49.1 Å². The summed E-state index contributed by atoms with van der Waals surface area (Å²) in [7, 11) is 0. The highest BCUT2D eigenvalue weighted by atomic mass is 15.3. The monoisotopic (exact) mass is 291 g/mol. The number of rotatable bonds is 7. The third-order valence-corrected chi connectivity index (χ3v) is 5.10. The van der Waals surface area contributed by atoms with Gasteiger partial charge >= 0.3 is 0 Å². The normalized spacial score (nSPS) is 22.7. The molecule has 0 spiro atoms. The molecule has 0 aliphatic heterocycles. The van der Waals surface area contributed by atoms with Crippen LogP contribution in [0, 0.1) is 5.92 Å². The van der Waals surface area contributed by atoms with Gasteiger partial charge in [-0.15, -0.1) is 0 Å². The number of aryl methyl sites for hydroxylation is 1. The Bertz CT molecular complexity index is 436. The van der Waals surface area contributed by atoms with Crippen LogP contribution in [0.1, 0.15) is 82.8 Å². The van der Waals surface area contributed by atoms with E-state index < -0.39 is 0 Å². The third kappa shape index (κ3) is 3.68. The lowest BCUT2D eigenvalue weighted by Crippen LogP contribution is -2.22. The zero-order valence-electron chi connectivity index (χ0n) is 14.4. The molecule has 3 nitrogen and oxygen atoms in total. The molecular formula is C18H33N3. The summed E-state index contributed by atoms with van der Waals surface area (Å²) < 4.78 is 2.41. The molecule has 21 heavy (non-hydrogen) atoms. The highest BCUT2D eigenvalue weighted by molar-refractivity contribution is 5.27. The molecular weight excluding hydrogens is 258 g/mol. The van der Waals surface area contributed by atoms with Crippen LogP contribution in [0.3, 0.4) is 0 Å². The molecule has 1 saturated carbocycles. The summed E-state index contributed by atoms with van der Waals surface area (Å²) in [6.45, 7) is 11.0. The molecule has 0 amide bonds. The van der Waals surface area contributed by atoms with E-state index >= 15 is 0 Å². The van der Waals surface area contributed by atoms with E-state index in [4.69, 9.17) is 5.10 Å². The van der Waals surface area contributed by atoms with Crippen LogP contribution < -0.4 is 5.32 Å². The highest BCUT2D eigenvalue weighted by Crippen LogP contribution is 2.35. The van der Waals surface area contributed by atoms with Gasteiger partial charge in [-0.05, 0) is 38.1 Å². The molecule has 1 aliphatic rings. The summed E-state index contributed by atoms with van der Waals surface area (Å²) in [5.74, 6) is 0.903. The number of aromatic nitrogens is 2. The quantitative estimate of drug-likeness (QED) is 0.813. The van der Waals surface area contributed by atoms with Gasteiger partial charge in [0.15, 0.2) is 0 Å². The SMILES string of the molecule is CCNCc1c(CC)nn(C2CCCC(CC)C2)c1CC. The van der Waals surface area contributed by atoms with E-state index in [0.29, 0.717) is 6.04 Å². The predicted octanol–water partition coefficient (Wildman–Crippen LogP) is 4.26. The molecule has 0 radical (unpaired) electrons. The second-order valence-corrected chi connectivity index (χ2v) is 6.40. The van der Waals surface area contributed by atoms with Gasteiger partial charge in [-0.3, -0.25) is 4.68 Å². The Hall–Kier alpha value is -0.830. The Labute approximate surface area is 130 Å². The van der Waals surface area contributed by atoms with E-state index in [2.05, 4.69) is 37.7 Å². The van der Waals surface area contributed by atoms with Crippen LogP contribution in [-0.2, 0) is 19.4 Å². The number of hydrogen-bond acceptors (Lipinski definition) is 2. The van der Waals surface area contributed by atoms with Crippen molar-refractivity contribution in [3.05, 3.63) is 17.0 Å². The molecule has 1 heterocycles. The minimum atomic E-state index is 0.638. The van der Waals surface area contributed by atoms with Gasteiger partial charge < -0.3 is 5.32 Å². The molecule has 1 aliphatic carbocycles. The fourth-order valence-corrected chi connectivity index (χ4v) is 3.83. The van der Waals surface area contributed by atoms with Crippen LogP contribution in [-0.4, -0.2) is 16.3 Å². The largest absolute Gasteiger partial charge is 0.313 e. The molecule has 2 rings (SSSR count). The van der Waals surface area contributed by atoms with Crippen LogP contribution >= 0.6 is 0 Å². The second-order valence-electron chi connectivity index (χ2n) is 6.40. The lowest BCUT2D eigenvalue weighted by atomic mass is 9.84. The van der Waals surface area contributed by atoms with Crippen molar-refractivity contribution in [2.45, 2.75) is 85.2 Å². The van der Waals surface area contributed by atoms with Gasteiger partial charge in [0, 0.05) is 17.8 Å². The molecule has 0 bridgehead atoms. The van der Waals surface area contributed by atoms with E-state index in [-0.39, 0.29) is 0 Å². The van der Waals surface area contributed by atoms with E-state index in [1.54, 1.807) is 0 Å². The van der Waals surface area contributed by atoms with Crippen molar-refractivity contribution in [1.82, 2.24) is 15.1 Å². The zero-order valence-corrected chi connectivity index (χ0v) is 14.4. The fourth-order valence-electron chi connectivity index (χ4n) is 3.83. The average molecular weight is 291 g/mol. The van der Waals surface area contributed by atoms with E-state index in [9.17, 15) is 0 Å². The van der Waals surface area contributed by atoms with Gasteiger partial charge in [0.25, 0.3) is 0 Å². The van der Waals surface area contributed by atoms with Crippen molar-refractivity contribution in [2.75, 3.05) is 6.54 Å². The minimum absolute atomic E-state index is 0.638. The van der Waals surface area contributed by atoms with Crippen LogP contribution in [0.4, 0.5) is 0 Å². The maximum Gasteiger partial charge on any atom is 0.0669 e. The summed E-state index contributed by atoms with van der Waals surface area (Å²) in [5.41, 5.74) is 4.27. The average Bonchev–Trinajstić information content (AvgIpc) is 2.90. The first-order chi connectivity index (χ1) is 10.2. The van der Waals surface area contributed by atoms with Crippen molar-refractivity contribution in [3.8, 4) is 0 Å². The maximum atomic E-state index is 5.02. The van der Waals surface area contributed by atoms with Gasteiger partial charge in [0.05, 0.1) is 11.7 Å². The first-order valence-electron chi connectivity index (χ1n) is 9.04. The molecule has 0 saturated heterocycles. The Kier molecular flexibility index (Phi) is 6.28. The lowest BCUT2D eigenvalue weighted by Gasteiger charge is -2.30. The number of nitrogens with one attached hydrogen (secondary N) is 1. The Morgan fingerprint density at radius 3 is 2.57 bits per heavy atom. The highest BCUT2D eigenvalue weighted by Gasteiger charge is 2.26. The van der Waals surface area contributed by atoms with E-state index in [1.807, 2.05) is 0 Å². The van der Waals surface area contributed by atoms with Crippen LogP contribution in [0.5, 0.6) is 0 Å². The second kappa shape index (κ2) is 7.98. The topological polar surface area (TPSA) is 29.9 Å². The first-order valence-corrected chi connectivity index (χ1v) is 9.04. The van der Waals surface area contributed by atoms with Crippen molar-refractivity contribution in [3.63, 3.8) is 0 Å². The van der Waals surface area contributed by atoms with Crippen molar-refractivity contribution in [2.24, 2.45) is 5.92 Å². The van der Waals surface area contributed by atoms with Crippen LogP contribution in [0.15, 0.2) is 0 Å². The Balaban J connectivity index is 2.27. The van der Waals surface area contributed by atoms with Crippen molar-refractivity contribution in [1.29, 1.82) is 0 Å². The standard InChI is InChI=1S/C18H33N3/c1-5-14-10-9-11-15(12-14)21-18(7-3)16(13-19-8-4)17(6-2)20-21/h14-15,19H,5-13H2,1-4H3. The Morgan fingerprint density at radius 1 is 1.14 bits per heavy atom. The maximum absolute atomic E-state index is 5.02. The van der Waals surface area contributed by atoms with Crippen LogP contribution in [0.25, 0.3) is 0 Å². The third-order valence-electron chi connectivity index (χ3n) is 5.10. The van der Waals surface area contributed by atoms with Gasteiger partial charge in [-0.25, -0.2) is 0 Å². The molecule has 3 heteroatoms. The van der Waals surface area contributed by atoms with Gasteiger partial charge in [0.2, 0.25) is 0 Å². The summed E-state index contributed by atoms with van der Waals surface area (Å²) in [5, 5.41) is 8.52. The van der Waals surface area contributed by atoms with Gasteiger partial charge in [-0.2, -0.15) is 5.10 Å². The molecule has 2 atom stereocenters. The zero-order chi connectivity index (χ0) is 15.2. The van der Waals surface area contributed by atoms with Gasteiger partial charge in [-0.1, -0.05) is 47.0 Å². The first kappa shape index (κ1) is 16.5.